The lowest BCUT2D eigenvalue weighted by Crippen LogP contribution is -2.49. The van der Waals surface area contributed by atoms with Crippen LogP contribution in [0, 0.1) is 0 Å². The van der Waals surface area contributed by atoms with Gasteiger partial charge in [0, 0.05) is 37.9 Å². The summed E-state index contributed by atoms with van der Waals surface area (Å²) in [7, 11) is 0. The molecule has 0 atom stereocenters. The van der Waals surface area contributed by atoms with Crippen LogP contribution in [0.5, 0.6) is 0 Å². The molecular formula is C19H18N4O. The minimum atomic E-state index is 0.0968. The first-order valence-electron chi connectivity index (χ1n) is 8.12. The van der Waals surface area contributed by atoms with Gasteiger partial charge in [-0.3, -0.25) is 4.79 Å². The second-order valence-corrected chi connectivity index (χ2v) is 5.92. The van der Waals surface area contributed by atoms with Gasteiger partial charge in [0.1, 0.15) is 0 Å². The molecule has 3 aromatic rings. The summed E-state index contributed by atoms with van der Waals surface area (Å²) < 4.78 is 0. The van der Waals surface area contributed by atoms with E-state index >= 15 is 0 Å². The zero-order valence-corrected chi connectivity index (χ0v) is 13.3. The molecule has 5 heteroatoms. The minimum absolute atomic E-state index is 0.0968. The maximum atomic E-state index is 12.8. The van der Waals surface area contributed by atoms with Gasteiger partial charge in [0.25, 0.3) is 5.91 Å². The summed E-state index contributed by atoms with van der Waals surface area (Å²) in [6.07, 6.45) is 1.67. The molecule has 1 saturated heterocycles. The first-order chi connectivity index (χ1) is 11.8. The lowest BCUT2D eigenvalue weighted by molar-refractivity contribution is 0.0746. The van der Waals surface area contributed by atoms with Crippen molar-refractivity contribution in [3.05, 3.63) is 66.4 Å². The number of carbonyl (C=O) groups is 1. The Balaban J connectivity index is 1.47. The standard InChI is InChI=1S/C19H18N4O/c24-19(17-8-7-15-4-1-2-5-16(15)14-17)23-12-10-22(11-13-23)18-6-3-9-20-21-18/h1-9,14H,10-13H2. The SMILES string of the molecule is O=C(c1ccc2ccccc2c1)N1CCN(c2cccnn2)CC1. The Labute approximate surface area is 140 Å². The van der Waals surface area contributed by atoms with E-state index in [4.69, 9.17) is 0 Å². The Hall–Kier alpha value is -2.95. The fraction of sp³-hybridized carbons (Fsp3) is 0.211. The van der Waals surface area contributed by atoms with E-state index in [1.807, 2.05) is 53.4 Å². The van der Waals surface area contributed by atoms with Crippen LogP contribution >= 0.6 is 0 Å². The maximum absolute atomic E-state index is 12.8. The third-order valence-electron chi connectivity index (χ3n) is 4.45. The quantitative estimate of drug-likeness (QED) is 0.729. The molecule has 0 unspecified atom stereocenters. The second kappa shape index (κ2) is 6.28. The van der Waals surface area contributed by atoms with Crippen molar-refractivity contribution in [3.63, 3.8) is 0 Å². The fourth-order valence-corrected chi connectivity index (χ4v) is 3.11. The predicted octanol–water partition coefficient (Wildman–Crippen LogP) is 2.59. The van der Waals surface area contributed by atoms with Crippen molar-refractivity contribution in [2.24, 2.45) is 0 Å². The number of anilines is 1. The average molecular weight is 318 g/mol. The highest BCUT2D eigenvalue weighted by Crippen LogP contribution is 2.18. The maximum Gasteiger partial charge on any atom is 0.253 e. The number of fused-ring (bicyclic) bond motifs is 1. The van der Waals surface area contributed by atoms with E-state index < -0.39 is 0 Å². The van der Waals surface area contributed by atoms with Crippen LogP contribution in [0.4, 0.5) is 5.82 Å². The second-order valence-electron chi connectivity index (χ2n) is 5.92. The molecule has 0 radical (unpaired) electrons. The molecule has 2 heterocycles. The zero-order chi connectivity index (χ0) is 16.4. The highest BCUT2D eigenvalue weighted by Gasteiger charge is 2.23. The zero-order valence-electron chi connectivity index (χ0n) is 13.3. The van der Waals surface area contributed by atoms with Crippen LogP contribution in [0.15, 0.2) is 60.8 Å². The Kier molecular flexibility index (Phi) is 3.83. The number of amides is 1. The largest absolute Gasteiger partial charge is 0.352 e. The third-order valence-corrected chi connectivity index (χ3v) is 4.45. The summed E-state index contributed by atoms with van der Waals surface area (Å²) in [5.74, 6) is 0.967. The van der Waals surface area contributed by atoms with Gasteiger partial charge in [0.2, 0.25) is 0 Å². The number of carbonyl (C=O) groups excluding carboxylic acids is 1. The van der Waals surface area contributed by atoms with Crippen molar-refractivity contribution >= 4 is 22.5 Å². The minimum Gasteiger partial charge on any atom is -0.352 e. The van der Waals surface area contributed by atoms with Gasteiger partial charge in [0.05, 0.1) is 0 Å². The number of hydrogen-bond acceptors (Lipinski definition) is 4. The van der Waals surface area contributed by atoms with E-state index in [1.165, 1.54) is 0 Å². The smallest absolute Gasteiger partial charge is 0.253 e. The van der Waals surface area contributed by atoms with E-state index in [0.717, 1.165) is 35.2 Å². The molecule has 5 nitrogen and oxygen atoms in total. The normalized spacial score (nSPS) is 14.8. The van der Waals surface area contributed by atoms with Gasteiger partial charge in [-0.2, -0.15) is 5.10 Å². The molecule has 4 rings (SSSR count). The van der Waals surface area contributed by atoms with Crippen LogP contribution < -0.4 is 4.90 Å². The van der Waals surface area contributed by atoms with Crippen LogP contribution in [0.1, 0.15) is 10.4 Å². The van der Waals surface area contributed by atoms with Crippen molar-refractivity contribution < 1.29 is 4.79 Å². The number of aromatic nitrogens is 2. The molecule has 1 aliphatic heterocycles. The molecule has 0 aliphatic carbocycles. The molecule has 1 fully saturated rings. The van der Waals surface area contributed by atoms with Gasteiger partial charge in [-0.05, 0) is 35.0 Å². The van der Waals surface area contributed by atoms with Gasteiger partial charge in [-0.15, -0.1) is 5.10 Å². The van der Waals surface area contributed by atoms with E-state index in [0.29, 0.717) is 13.1 Å². The summed E-state index contributed by atoms with van der Waals surface area (Å²) in [5, 5.41) is 10.3. The molecular weight excluding hydrogens is 300 g/mol. The summed E-state index contributed by atoms with van der Waals surface area (Å²) in [5.41, 5.74) is 0.752. The first-order valence-corrected chi connectivity index (χ1v) is 8.12. The van der Waals surface area contributed by atoms with Gasteiger partial charge in [-0.1, -0.05) is 30.3 Å². The van der Waals surface area contributed by atoms with Gasteiger partial charge in [-0.25, -0.2) is 0 Å². The number of piperazine rings is 1. The average Bonchev–Trinajstić information content (AvgIpc) is 2.68. The lowest BCUT2D eigenvalue weighted by atomic mass is 10.1. The molecule has 120 valence electrons. The van der Waals surface area contributed by atoms with Crippen molar-refractivity contribution in [1.82, 2.24) is 15.1 Å². The van der Waals surface area contributed by atoms with Crippen molar-refractivity contribution in [3.8, 4) is 0 Å². The topological polar surface area (TPSA) is 49.3 Å². The van der Waals surface area contributed by atoms with E-state index in [1.54, 1.807) is 6.20 Å². The Bertz CT molecular complexity index is 857. The van der Waals surface area contributed by atoms with Gasteiger partial charge < -0.3 is 9.80 Å². The number of hydrogen-bond donors (Lipinski definition) is 0. The third kappa shape index (κ3) is 2.80. The summed E-state index contributed by atoms with van der Waals surface area (Å²) in [4.78, 5) is 16.8. The van der Waals surface area contributed by atoms with Crippen molar-refractivity contribution in [2.45, 2.75) is 0 Å². The van der Waals surface area contributed by atoms with Crippen LogP contribution in [0.25, 0.3) is 10.8 Å². The number of rotatable bonds is 2. The fourth-order valence-electron chi connectivity index (χ4n) is 3.11. The van der Waals surface area contributed by atoms with Crippen LogP contribution in [0.3, 0.4) is 0 Å². The van der Waals surface area contributed by atoms with Crippen LogP contribution in [-0.2, 0) is 0 Å². The summed E-state index contributed by atoms with van der Waals surface area (Å²) in [6.45, 7) is 2.94. The van der Waals surface area contributed by atoms with E-state index in [-0.39, 0.29) is 5.91 Å². The molecule has 24 heavy (non-hydrogen) atoms. The molecule has 1 aromatic heterocycles. The predicted molar refractivity (Wildman–Crippen MR) is 94.1 cm³/mol. The van der Waals surface area contributed by atoms with E-state index in [2.05, 4.69) is 21.2 Å². The summed E-state index contributed by atoms with van der Waals surface area (Å²) >= 11 is 0. The molecule has 0 bridgehead atoms. The van der Waals surface area contributed by atoms with Crippen LogP contribution in [-0.4, -0.2) is 47.2 Å². The molecule has 1 amide bonds. The highest BCUT2D eigenvalue weighted by atomic mass is 16.2. The molecule has 0 spiro atoms. The van der Waals surface area contributed by atoms with Gasteiger partial charge >= 0.3 is 0 Å². The highest BCUT2D eigenvalue weighted by molar-refractivity contribution is 5.98. The Morgan fingerprint density at radius 1 is 0.875 bits per heavy atom. The summed E-state index contributed by atoms with van der Waals surface area (Å²) in [6, 6.07) is 17.8. The number of nitrogens with zero attached hydrogens (tertiary/aromatic N) is 4. The first kappa shape index (κ1) is 14.6. The molecule has 0 saturated carbocycles. The monoisotopic (exact) mass is 318 g/mol. The Morgan fingerprint density at radius 3 is 2.42 bits per heavy atom. The van der Waals surface area contributed by atoms with E-state index in [9.17, 15) is 4.79 Å². The molecule has 1 aliphatic rings. The molecule has 0 N–H and O–H groups in total. The van der Waals surface area contributed by atoms with Crippen LogP contribution in [0.2, 0.25) is 0 Å². The van der Waals surface area contributed by atoms with Crippen molar-refractivity contribution in [2.75, 3.05) is 31.1 Å². The van der Waals surface area contributed by atoms with Gasteiger partial charge in [0.15, 0.2) is 5.82 Å². The van der Waals surface area contributed by atoms with Crippen molar-refractivity contribution in [1.29, 1.82) is 0 Å². The number of benzene rings is 2. The Morgan fingerprint density at radius 2 is 1.67 bits per heavy atom. The molecule has 2 aromatic carbocycles. The lowest BCUT2D eigenvalue weighted by Gasteiger charge is -2.35.